The van der Waals surface area contributed by atoms with E-state index in [9.17, 15) is 4.79 Å². The van der Waals surface area contributed by atoms with Gasteiger partial charge in [0.2, 0.25) is 0 Å². The summed E-state index contributed by atoms with van der Waals surface area (Å²) in [5, 5.41) is 3.03. The molecule has 3 nitrogen and oxygen atoms in total. The molecule has 1 saturated heterocycles. The molecule has 1 aliphatic rings. The molecule has 1 amide bonds. The van der Waals surface area contributed by atoms with Crippen molar-refractivity contribution in [2.45, 2.75) is 32.7 Å². The highest BCUT2D eigenvalue weighted by molar-refractivity contribution is 9.10. The Bertz CT molecular complexity index is 446. The van der Waals surface area contributed by atoms with Crippen LogP contribution >= 0.6 is 15.9 Å². The Morgan fingerprint density at radius 1 is 1.45 bits per heavy atom. The van der Waals surface area contributed by atoms with Crippen LogP contribution in [0.25, 0.3) is 0 Å². The first-order chi connectivity index (χ1) is 9.56. The zero-order chi connectivity index (χ0) is 14.5. The van der Waals surface area contributed by atoms with Crippen molar-refractivity contribution in [2.75, 3.05) is 19.6 Å². The number of carbonyl (C=O) groups is 1. The second-order valence-corrected chi connectivity index (χ2v) is 6.72. The van der Waals surface area contributed by atoms with Crippen LogP contribution in [-0.2, 0) is 0 Å². The van der Waals surface area contributed by atoms with Gasteiger partial charge in [0, 0.05) is 29.2 Å². The highest BCUT2D eigenvalue weighted by Crippen LogP contribution is 2.17. The van der Waals surface area contributed by atoms with Crippen molar-refractivity contribution in [1.29, 1.82) is 0 Å². The number of piperidine rings is 1. The Hall–Kier alpha value is -0.870. The number of hydrogen-bond acceptors (Lipinski definition) is 2. The summed E-state index contributed by atoms with van der Waals surface area (Å²) in [7, 11) is 0. The van der Waals surface area contributed by atoms with Gasteiger partial charge in [-0.1, -0.05) is 22.9 Å². The van der Waals surface area contributed by atoms with E-state index in [1.54, 1.807) is 0 Å². The third-order valence-corrected chi connectivity index (χ3v) is 4.50. The zero-order valence-corrected chi connectivity index (χ0v) is 13.8. The summed E-state index contributed by atoms with van der Waals surface area (Å²) in [4.78, 5) is 14.5. The first kappa shape index (κ1) is 15.5. The van der Waals surface area contributed by atoms with Gasteiger partial charge in [-0.2, -0.15) is 0 Å². The van der Waals surface area contributed by atoms with Gasteiger partial charge in [-0.3, -0.25) is 9.69 Å². The maximum Gasteiger partial charge on any atom is 0.251 e. The SMILES string of the molecule is C[C@H]1CCCN([C@@H](C)CNC(=O)c2ccc(Br)cc2)C1. The van der Waals surface area contributed by atoms with E-state index >= 15 is 0 Å². The van der Waals surface area contributed by atoms with Gasteiger partial charge in [0.25, 0.3) is 5.91 Å². The summed E-state index contributed by atoms with van der Waals surface area (Å²) >= 11 is 3.38. The van der Waals surface area contributed by atoms with Crippen LogP contribution in [0.4, 0.5) is 0 Å². The molecule has 20 heavy (non-hydrogen) atoms. The lowest BCUT2D eigenvalue weighted by atomic mass is 9.99. The van der Waals surface area contributed by atoms with E-state index in [1.165, 1.54) is 12.8 Å². The summed E-state index contributed by atoms with van der Waals surface area (Å²) in [6.07, 6.45) is 2.60. The Labute approximate surface area is 129 Å². The molecule has 0 aliphatic carbocycles. The normalized spacial score (nSPS) is 21.4. The Morgan fingerprint density at radius 3 is 2.80 bits per heavy atom. The van der Waals surface area contributed by atoms with Crippen molar-refractivity contribution in [1.82, 2.24) is 10.2 Å². The third kappa shape index (κ3) is 4.32. The van der Waals surface area contributed by atoms with Crippen LogP contribution in [-0.4, -0.2) is 36.5 Å². The molecule has 1 heterocycles. The van der Waals surface area contributed by atoms with Crippen LogP contribution in [0.1, 0.15) is 37.0 Å². The molecule has 0 aromatic heterocycles. The molecular formula is C16H23BrN2O. The smallest absolute Gasteiger partial charge is 0.251 e. The van der Waals surface area contributed by atoms with Crippen molar-refractivity contribution in [2.24, 2.45) is 5.92 Å². The van der Waals surface area contributed by atoms with Gasteiger partial charge in [0.15, 0.2) is 0 Å². The monoisotopic (exact) mass is 338 g/mol. The fourth-order valence-corrected chi connectivity index (χ4v) is 2.96. The largest absolute Gasteiger partial charge is 0.350 e. The van der Waals surface area contributed by atoms with Gasteiger partial charge in [-0.05, 0) is 56.5 Å². The molecule has 0 saturated carbocycles. The van der Waals surface area contributed by atoms with Crippen molar-refractivity contribution in [3.8, 4) is 0 Å². The highest BCUT2D eigenvalue weighted by Gasteiger charge is 2.21. The van der Waals surface area contributed by atoms with Crippen LogP contribution in [0.15, 0.2) is 28.7 Å². The number of amides is 1. The molecule has 1 fully saturated rings. The average molecular weight is 339 g/mol. The van der Waals surface area contributed by atoms with Crippen LogP contribution in [0.2, 0.25) is 0 Å². The van der Waals surface area contributed by atoms with E-state index in [-0.39, 0.29) is 5.91 Å². The van der Waals surface area contributed by atoms with E-state index in [2.05, 4.69) is 40.0 Å². The van der Waals surface area contributed by atoms with Gasteiger partial charge >= 0.3 is 0 Å². The minimum Gasteiger partial charge on any atom is -0.350 e. The maximum atomic E-state index is 12.1. The van der Waals surface area contributed by atoms with Crippen molar-refractivity contribution in [3.05, 3.63) is 34.3 Å². The molecule has 1 aromatic rings. The standard InChI is InChI=1S/C16H23BrN2O/c1-12-4-3-9-19(11-12)13(2)10-18-16(20)14-5-7-15(17)8-6-14/h5-8,12-13H,3-4,9-11H2,1-2H3,(H,18,20)/t12-,13-/m0/s1. The number of rotatable bonds is 4. The van der Waals surface area contributed by atoms with Crippen LogP contribution in [0.5, 0.6) is 0 Å². The second kappa shape index (κ2) is 7.23. The molecule has 0 bridgehead atoms. The van der Waals surface area contributed by atoms with E-state index in [0.717, 1.165) is 23.5 Å². The van der Waals surface area contributed by atoms with Gasteiger partial charge in [0.05, 0.1) is 0 Å². The average Bonchev–Trinajstić information content (AvgIpc) is 2.45. The summed E-state index contributed by atoms with van der Waals surface area (Å²) in [5.74, 6) is 0.780. The molecule has 0 spiro atoms. The lowest BCUT2D eigenvalue weighted by Gasteiger charge is -2.35. The third-order valence-electron chi connectivity index (χ3n) is 3.98. The number of nitrogens with zero attached hydrogens (tertiary/aromatic N) is 1. The van der Waals surface area contributed by atoms with Gasteiger partial charge in [0.1, 0.15) is 0 Å². The molecule has 1 N–H and O–H groups in total. The molecule has 4 heteroatoms. The first-order valence-corrected chi connectivity index (χ1v) is 8.13. The lowest BCUT2D eigenvalue weighted by molar-refractivity contribution is 0.0917. The Morgan fingerprint density at radius 2 is 2.15 bits per heavy atom. The second-order valence-electron chi connectivity index (χ2n) is 5.81. The fourth-order valence-electron chi connectivity index (χ4n) is 2.70. The molecule has 2 atom stereocenters. The number of carbonyl (C=O) groups excluding carboxylic acids is 1. The van der Waals surface area contributed by atoms with Crippen molar-refractivity contribution >= 4 is 21.8 Å². The van der Waals surface area contributed by atoms with Gasteiger partial charge < -0.3 is 5.32 Å². The van der Waals surface area contributed by atoms with Crippen molar-refractivity contribution in [3.63, 3.8) is 0 Å². The van der Waals surface area contributed by atoms with Crippen molar-refractivity contribution < 1.29 is 4.79 Å². The minimum atomic E-state index is 0.00871. The zero-order valence-electron chi connectivity index (χ0n) is 12.2. The fraction of sp³-hybridized carbons (Fsp3) is 0.562. The summed E-state index contributed by atoms with van der Waals surface area (Å²) < 4.78 is 0.990. The number of halogens is 1. The van der Waals surface area contributed by atoms with Crippen LogP contribution in [0, 0.1) is 5.92 Å². The number of hydrogen-bond donors (Lipinski definition) is 1. The molecule has 0 unspecified atom stereocenters. The predicted octanol–water partition coefficient (Wildman–Crippen LogP) is 3.30. The van der Waals surface area contributed by atoms with Gasteiger partial charge in [-0.25, -0.2) is 0 Å². The Balaban J connectivity index is 1.82. The summed E-state index contributed by atoms with van der Waals surface area (Å²) in [5.41, 5.74) is 0.715. The Kier molecular flexibility index (Phi) is 5.61. The van der Waals surface area contributed by atoms with Gasteiger partial charge in [-0.15, -0.1) is 0 Å². The number of likely N-dealkylation sites (tertiary alicyclic amines) is 1. The first-order valence-electron chi connectivity index (χ1n) is 7.34. The van der Waals surface area contributed by atoms with E-state index < -0.39 is 0 Å². The van der Waals surface area contributed by atoms with E-state index in [1.807, 2.05) is 24.3 Å². The number of benzene rings is 1. The van der Waals surface area contributed by atoms with Crippen LogP contribution in [0.3, 0.4) is 0 Å². The van der Waals surface area contributed by atoms with E-state index in [0.29, 0.717) is 18.2 Å². The van der Waals surface area contributed by atoms with Crippen LogP contribution < -0.4 is 5.32 Å². The highest BCUT2D eigenvalue weighted by atomic mass is 79.9. The predicted molar refractivity (Wildman–Crippen MR) is 85.9 cm³/mol. The number of nitrogens with one attached hydrogen (secondary N) is 1. The summed E-state index contributed by atoms with van der Waals surface area (Å²) in [6, 6.07) is 7.87. The molecule has 110 valence electrons. The molecule has 1 aliphatic heterocycles. The molecule has 0 radical (unpaired) electrons. The summed E-state index contributed by atoms with van der Waals surface area (Å²) in [6.45, 7) is 7.51. The molecular weight excluding hydrogens is 316 g/mol. The van der Waals surface area contributed by atoms with E-state index in [4.69, 9.17) is 0 Å². The molecule has 1 aromatic carbocycles. The molecule has 2 rings (SSSR count). The topological polar surface area (TPSA) is 32.3 Å². The quantitative estimate of drug-likeness (QED) is 0.913. The lowest BCUT2D eigenvalue weighted by Crippen LogP contribution is -2.46. The minimum absolute atomic E-state index is 0.00871. The maximum absolute atomic E-state index is 12.1.